The van der Waals surface area contributed by atoms with Gasteiger partial charge in [-0.3, -0.25) is 0 Å². The number of piperidine rings is 1. The normalized spacial score (nSPS) is 26.5. The summed E-state index contributed by atoms with van der Waals surface area (Å²) in [5.41, 5.74) is 0. The van der Waals surface area contributed by atoms with E-state index in [0.29, 0.717) is 5.38 Å². The molecular weight excluding hydrogens is 170 g/mol. The molecule has 0 radical (unpaired) electrons. The minimum absolute atomic E-state index is 0.408. The number of alkyl halides is 1. The molecule has 1 fully saturated rings. The second kappa shape index (κ2) is 5.08. The average molecular weight is 190 g/mol. The Morgan fingerprint density at radius 2 is 2.25 bits per heavy atom. The van der Waals surface area contributed by atoms with Crippen LogP contribution in [0, 0.1) is 5.92 Å². The monoisotopic (exact) mass is 189 g/mol. The van der Waals surface area contributed by atoms with Crippen molar-refractivity contribution in [2.45, 2.75) is 38.5 Å². The van der Waals surface area contributed by atoms with Gasteiger partial charge in [-0.25, -0.2) is 0 Å². The Kier molecular flexibility index (Phi) is 4.38. The molecule has 1 rings (SSSR count). The molecule has 0 aromatic rings. The van der Waals surface area contributed by atoms with Gasteiger partial charge in [-0.05, 0) is 38.3 Å². The van der Waals surface area contributed by atoms with Crippen LogP contribution >= 0.6 is 11.6 Å². The molecule has 0 spiro atoms. The summed E-state index contributed by atoms with van der Waals surface area (Å²) in [5.74, 6) is 0.820. The fourth-order valence-corrected chi connectivity index (χ4v) is 1.99. The molecule has 72 valence electrons. The van der Waals surface area contributed by atoms with Crippen molar-refractivity contribution in [3.63, 3.8) is 0 Å². The highest BCUT2D eigenvalue weighted by Gasteiger charge is 2.17. The van der Waals surface area contributed by atoms with E-state index in [0.717, 1.165) is 12.5 Å². The predicted octanol–water partition coefficient (Wildman–Crippen LogP) is 2.74. The van der Waals surface area contributed by atoms with E-state index < -0.39 is 0 Å². The number of hydrogen-bond donors (Lipinski definition) is 0. The highest BCUT2D eigenvalue weighted by atomic mass is 35.5. The Morgan fingerprint density at radius 1 is 1.50 bits per heavy atom. The van der Waals surface area contributed by atoms with Crippen LogP contribution < -0.4 is 0 Å². The fraction of sp³-hybridized carbons (Fsp3) is 1.00. The van der Waals surface area contributed by atoms with Crippen LogP contribution in [-0.2, 0) is 0 Å². The zero-order valence-electron chi connectivity index (χ0n) is 8.22. The Morgan fingerprint density at radius 3 is 2.83 bits per heavy atom. The van der Waals surface area contributed by atoms with Crippen LogP contribution in [0.4, 0.5) is 0 Å². The standard InChI is InChI=1S/C10H20ClN/c1-9(2)5-7-12-6-3-4-10(11)8-12/h9-10H,3-8H2,1-2H3. The van der Waals surface area contributed by atoms with Gasteiger partial charge in [0.25, 0.3) is 0 Å². The van der Waals surface area contributed by atoms with Crippen LogP contribution in [0.25, 0.3) is 0 Å². The Labute approximate surface area is 81.1 Å². The van der Waals surface area contributed by atoms with E-state index in [1.54, 1.807) is 0 Å². The van der Waals surface area contributed by atoms with Crippen LogP contribution in [0.3, 0.4) is 0 Å². The van der Waals surface area contributed by atoms with E-state index >= 15 is 0 Å². The molecule has 1 atom stereocenters. The lowest BCUT2D eigenvalue weighted by Gasteiger charge is -2.30. The smallest absolute Gasteiger partial charge is 0.0463 e. The molecule has 0 aromatic heterocycles. The van der Waals surface area contributed by atoms with Gasteiger partial charge in [-0.15, -0.1) is 11.6 Å². The van der Waals surface area contributed by atoms with Gasteiger partial charge in [0.15, 0.2) is 0 Å². The quantitative estimate of drug-likeness (QED) is 0.618. The summed E-state index contributed by atoms with van der Waals surface area (Å²) in [6, 6.07) is 0. The highest BCUT2D eigenvalue weighted by molar-refractivity contribution is 6.20. The predicted molar refractivity (Wildman–Crippen MR) is 54.8 cm³/mol. The van der Waals surface area contributed by atoms with Gasteiger partial charge in [-0.1, -0.05) is 13.8 Å². The molecule has 1 heterocycles. The first kappa shape index (κ1) is 10.3. The molecule has 0 amide bonds. The molecule has 12 heavy (non-hydrogen) atoms. The van der Waals surface area contributed by atoms with Gasteiger partial charge in [-0.2, -0.15) is 0 Å². The van der Waals surface area contributed by atoms with E-state index in [2.05, 4.69) is 18.7 Å². The topological polar surface area (TPSA) is 3.24 Å². The zero-order valence-corrected chi connectivity index (χ0v) is 8.98. The van der Waals surface area contributed by atoms with Gasteiger partial charge in [0.2, 0.25) is 0 Å². The minimum Gasteiger partial charge on any atom is -0.302 e. The Hall–Kier alpha value is 0.250. The summed E-state index contributed by atoms with van der Waals surface area (Å²) in [4.78, 5) is 2.50. The van der Waals surface area contributed by atoms with Gasteiger partial charge < -0.3 is 4.90 Å². The minimum atomic E-state index is 0.408. The SMILES string of the molecule is CC(C)CCN1CCCC(Cl)C1. The lowest BCUT2D eigenvalue weighted by atomic mass is 10.1. The summed E-state index contributed by atoms with van der Waals surface area (Å²) in [6.45, 7) is 8.16. The van der Waals surface area contributed by atoms with E-state index in [-0.39, 0.29) is 0 Å². The molecule has 1 aliphatic heterocycles. The number of likely N-dealkylation sites (tertiary alicyclic amines) is 1. The Balaban J connectivity index is 2.14. The van der Waals surface area contributed by atoms with Gasteiger partial charge >= 0.3 is 0 Å². The number of halogens is 1. The Bertz CT molecular complexity index is 125. The van der Waals surface area contributed by atoms with Crippen molar-refractivity contribution in [3.05, 3.63) is 0 Å². The third-order valence-electron chi connectivity index (χ3n) is 2.47. The van der Waals surface area contributed by atoms with Crippen molar-refractivity contribution in [1.29, 1.82) is 0 Å². The molecule has 0 bridgehead atoms. The average Bonchev–Trinajstić information content (AvgIpc) is 2.01. The fourth-order valence-electron chi connectivity index (χ4n) is 1.64. The van der Waals surface area contributed by atoms with Crippen LogP contribution in [-0.4, -0.2) is 29.9 Å². The van der Waals surface area contributed by atoms with Crippen LogP contribution in [0.2, 0.25) is 0 Å². The molecule has 0 aliphatic carbocycles. The van der Waals surface area contributed by atoms with Gasteiger partial charge in [0, 0.05) is 11.9 Å². The molecular formula is C10H20ClN. The van der Waals surface area contributed by atoms with Crippen LogP contribution in [0.1, 0.15) is 33.1 Å². The van der Waals surface area contributed by atoms with Gasteiger partial charge in [0.1, 0.15) is 0 Å². The van der Waals surface area contributed by atoms with Crippen molar-refractivity contribution in [2.24, 2.45) is 5.92 Å². The summed E-state index contributed by atoms with van der Waals surface area (Å²) >= 11 is 6.09. The summed E-state index contributed by atoms with van der Waals surface area (Å²) in [5, 5.41) is 0.408. The van der Waals surface area contributed by atoms with Crippen LogP contribution in [0.5, 0.6) is 0 Å². The lowest BCUT2D eigenvalue weighted by Crippen LogP contribution is -2.36. The molecule has 1 nitrogen and oxygen atoms in total. The second-order valence-corrected chi connectivity index (χ2v) is 4.84. The molecule has 1 unspecified atom stereocenters. The van der Waals surface area contributed by atoms with E-state index in [9.17, 15) is 0 Å². The lowest BCUT2D eigenvalue weighted by molar-refractivity contribution is 0.220. The maximum Gasteiger partial charge on any atom is 0.0463 e. The third-order valence-corrected chi connectivity index (χ3v) is 2.83. The van der Waals surface area contributed by atoms with Crippen molar-refractivity contribution in [1.82, 2.24) is 4.90 Å². The number of nitrogens with zero attached hydrogens (tertiary/aromatic N) is 1. The third kappa shape index (κ3) is 3.77. The van der Waals surface area contributed by atoms with E-state index in [1.165, 1.54) is 32.4 Å². The second-order valence-electron chi connectivity index (χ2n) is 4.22. The molecule has 2 heteroatoms. The number of rotatable bonds is 3. The summed E-state index contributed by atoms with van der Waals surface area (Å²) in [7, 11) is 0. The maximum atomic E-state index is 6.09. The molecule has 0 N–H and O–H groups in total. The van der Waals surface area contributed by atoms with Crippen LogP contribution in [0.15, 0.2) is 0 Å². The molecule has 1 aliphatic rings. The van der Waals surface area contributed by atoms with Crippen molar-refractivity contribution < 1.29 is 0 Å². The first-order valence-electron chi connectivity index (χ1n) is 5.05. The number of hydrogen-bond acceptors (Lipinski definition) is 1. The maximum absolute atomic E-state index is 6.09. The first-order valence-corrected chi connectivity index (χ1v) is 5.48. The summed E-state index contributed by atoms with van der Waals surface area (Å²) < 4.78 is 0. The van der Waals surface area contributed by atoms with Crippen molar-refractivity contribution in [2.75, 3.05) is 19.6 Å². The zero-order chi connectivity index (χ0) is 8.97. The highest BCUT2D eigenvalue weighted by Crippen LogP contribution is 2.15. The molecule has 1 saturated heterocycles. The summed E-state index contributed by atoms with van der Waals surface area (Å²) in [6.07, 6.45) is 3.80. The van der Waals surface area contributed by atoms with Gasteiger partial charge in [0.05, 0.1) is 0 Å². The largest absolute Gasteiger partial charge is 0.302 e. The first-order chi connectivity index (χ1) is 5.68. The van der Waals surface area contributed by atoms with E-state index in [4.69, 9.17) is 11.6 Å². The van der Waals surface area contributed by atoms with Crippen molar-refractivity contribution in [3.8, 4) is 0 Å². The molecule has 0 saturated carbocycles. The van der Waals surface area contributed by atoms with Crippen molar-refractivity contribution >= 4 is 11.6 Å². The van der Waals surface area contributed by atoms with E-state index in [1.807, 2.05) is 0 Å². The molecule has 0 aromatic carbocycles.